The molecule has 1 amide bonds. The summed E-state index contributed by atoms with van der Waals surface area (Å²) in [6.07, 6.45) is 2.88. The second-order valence-electron chi connectivity index (χ2n) is 4.67. The van der Waals surface area contributed by atoms with Crippen LogP contribution >= 0.6 is 23.2 Å². The number of hydrogen-bond acceptors (Lipinski definition) is 3. The SMILES string of the molecule is COc1cc(C=CC(N)=O)ccc1OCc1ccc(Cl)cc1Cl. The Morgan fingerprint density at radius 2 is 1.96 bits per heavy atom. The van der Waals surface area contributed by atoms with Crippen molar-refractivity contribution < 1.29 is 14.3 Å². The third-order valence-corrected chi connectivity index (χ3v) is 3.61. The Labute approximate surface area is 144 Å². The van der Waals surface area contributed by atoms with Crippen LogP contribution in [0.2, 0.25) is 10.0 Å². The van der Waals surface area contributed by atoms with Crippen molar-refractivity contribution in [2.75, 3.05) is 7.11 Å². The molecule has 2 aromatic rings. The molecular weight excluding hydrogens is 337 g/mol. The van der Waals surface area contributed by atoms with E-state index in [1.807, 2.05) is 0 Å². The van der Waals surface area contributed by atoms with Gasteiger partial charge >= 0.3 is 0 Å². The minimum absolute atomic E-state index is 0.281. The molecule has 2 N–H and O–H groups in total. The Hall–Kier alpha value is -2.17. The van der Waals surface area contributed by atoms with Gasteiger partial charge in [0, 0.05) is 21.7 Å². The van der Waals surface area contributed by atoms with Gasteiger partial charge in [0.15, 0.2) is 11.5 Å². The number of rotatable bonds is 6. The van der Waals surface area contributed by atoms with E-state index in [0.29, 0.717) is 21.5 Å². The van der Waals surface area contributed by atoms with Crippen LogP contribution < -0.4 is 15.2 Å². The van der Waals surface area contributed by atoms with E-state index in [0.717, 1.165) is 11.1 Å². The standard InChI is InChI=1S/C17H15Cl2NO3/c1-22-16-8-11(3-7-17(20)21)2-6-15(16)23-10-12-4-5-13(18)9-14(12)19/h2-9H,10H2,1H3,(H2,20,21). The second-order valence-corrected chi connectivity index (χ2v) is 5.51. The fourth-order valence-corrected chi connectivity index (χ4v) is 2.34. The van der Waals surface area contributed by atoms with E-state index in [2.05, 4.69) is 0 Å². The minimum Gasteiger partial charge on any atom is -0.493 e. The van der Waals surface area contributed by atoms with Gasteiger partial charge in [0.25, 0.3) is 0 Å². The van der Waals surface area contributed by atoms with Crippen molar-refractivity contribution in [1.82, 2.24) is 0 Å². The lowest BCUT2D eigenvalue weighted by molar-refractivity contribution is -0.113. The van der Waals surface area contributed by atoms with E-state index in [9.17, 15) is 4.79 Å². The molecule has 2 rings (SSSR count). The zero-order chi connectivity index (χ0) is 16.8. The maximum absolute atomic E-state index is 10.8. The number of carbonyl (C=O) groups excluding carboxylic acids is 1. The van der Waals surface area contributed by atoms with Crippen molar-refractivity contribution in [1.29, 1.82) is 0 Å². The number of carbonyl (C=O) groups is 1. The van der Waals surface area contributed by atoms with Crippen LogP contribution in [0.4, 0.5) is 0 Å². The molecule has 0 fully saturated rings. The van der Waals surface area contributed by atoms with E-state index < -0.39 is 5.91 Å². The van der Waals surface area contributed by atoms with Crippen LogP contribution in [0.15, 0.2) is 42.5 Å². The van der Waals surface area contributed by atoms with E-state index in [4.69, 9.17) is 38.4 Å². The van der Waals surface area contributed by atoms with Crippen LogP contribution in [0.25, 0.3) is 6.08 Å². The molecule has 0 saturated carbocycles. The van der Waals surface area contributed by atoms with Crippen molar-refractivity contribution >= 4 is 35.2 Å². The largest absolute Gasteiger partial charge is 0.493 e. The lowest BCUT2D eigenvalue weighted by Crippen LogP contribution is -2.05. The zero-order valence-electron chi connectivity index (χ0n) is 12.4. The highest BCUT2D eigenvalue weighted by molar-refractivity contribution is 6.35. The number of benzene rings is 2. The Morgan fingerprint density at radius 1 is 1.17 bits per heavy atom. The number of nitrogens with two attached hydrogens (primary N) is 1. The fraction of sp³-hybridized carbons (Fsp3) is 0.118. The van der Waals surface area contributed by atoms with Crippen LogP contribution in [-0.2, 0) is 11.4 Å². The van der Waals surface area contributed by atoms with E-state index in [1.165, 1.54) is 6.08 Å². The average molecular weight is 352 g/mol. The highest BCUT2D eigenvalue weighted by atomic mass is 35.5. The summed E-state index contributed by atoms with van der Waals surface area (Å²) in [5, 5.41) is 1.11. The predicted octanol–water partition coefficient (Wildman–Crippen LogP) is 4.08. The molecule has 4 nitrogen and oxygen atoms in total. The molecule has 0 aromatic heterocycles. The van der Waals surface area contributed by atoms with E-state index in [1.54, 1.807) is 49.6 Å². The molecule has 0 aliphatic carbocycles. The number of ether oxygens (including phenoxy) is 2. The van der Waals surface area contributed by atoms with Crippen LogP contribution in [0.5, 0.6) is 11.5 Å². The van der Waals surface area contributed by atoms with Crippen molar-refractivity contribution in [2.45, 2.75) is 6.61 Å². The second kappa shape index (κ2) is 7.90. The first kappa shape index (κ1) is 17.2. The monoisotopic (exact) mass is 351 g/mol. The van der Waals surface area contributed by atoms with Crippen molar-refractivity contribution in [3.8, 4) is 11.5 Å². The Morgan fingerprint density at radius 3 is 2.61 bits per heavy atom. The Balaban J connectivity index is 2.14. The number of methoxy groups -OCH3 is 1. The lowest BCUT2D eigenvalue weighted by Gasteiger charge is -2.12. The Bertz CT molecular complexity index is 745. The number of amides is 1. The van der Waals surface area contributed by atoms with Crippen molar-refractivity contribution in [2.24, 2.45) is 5.73 Å². The van der Waals surface area contributed by atoms with E-state index >= 15 is 0 Å². The summed E-state index contributed by atoms with van der Waals surface area (Å²) in [6, 6.07) is 10.5. The molecular formula is C17H15Cl2NO3. The minimum atomic E-state index is -0.512. The van der Waals surface area contributed by atoms with Crippen molar-refractivity contribution in [3.05, 3.63) is 63.6 Å². The van der Waals surface area contributed by atoms with Gasteiger partial charge in [-0.15, -0.1) is 0 Å². The smallest absolute Gasteiger partial charge is 0.241 e. The Kier molecular flexibility index (Phi) is 5.90. The van der Waals surface area contributed by atoms with Gasteiger partial charge in [0.05, 0.1) is 7.11 Å². The number of primary amides is 1. The summed E-state index contributed by atoms with van der Waals surface area (Å²) in [5.74, 6) is 0.595. The summed E-state index contributed by atoms with van der Waals surface area (Å²) in [6.45, 7) is 0.281. The normalized spacial score (nSPS) is 10.7. The molecule has 0 radical (unpaired) electrons. The lowest BCUT2D eigenvalue weighted by atomic mass is 10.2. The van der Waals surface area contributed by atoms with Crippen LogP contribution in [0, 0.1) is 0 Å². The first-order valence-electron chi connectivity index (χ1n) is 6.72. The molecule has 0 aliphatic heterocycles. The fourth-order valence-electron chi connectivity index (χ4n) is 1.88. The van der Waals surface area contributed by atoms with Gasteiger partial charge in [0.2, 0.25) is 5.91 Å². The van der Waals surface area contributed by atoms with Gasteiger partial charge in [-0.3, -0.25) is 4.79 Å². The molecule has 120 valence electrons. The van der Waals surface area contributed by atoms with Gasteiger partial charge in [-0.25, -0.2) is 0 Å². The molecule has 2 aromatic carbocycles. The summed E-state index contributed by atoms with van der Waals surface area (Å²) >= 11 is 12.0. The molecule has 6 heteroatoms. The topological polar surface area (TPSA) is 61.5 Å². The quantitative estimate of drug-likeness (QED) is 0.797. The predicted molar refractivity (Wildman–Crippen MR) is 92.0 cm³/mol. The maximum Gasteiger partial charge on any atom is 0.241 e. The van der Waals surface area contributed by atoms with Gasteiger partial charge in [0.1, 0.15) is 6.61 Å². The highest BCUT2D eigenvalue weighted by Crippen LogP contribution is 2.30. The summed E-state index contributed by atoms with van der Waals surface area (Å²) in [7, 11) is 1.54. The summed E-state index contributed by atoms with van der Waals surface area (Å²) in [4.78, 5) is 10.8. The van der Waals surface area contributed by atoms with Gasteiger partial charge in [-0.1, -0.05) is 35.3 Å². The van der Waals surface area contributed by atoms with Gasteiger partial charge < -0.3 is 15.2 Å². The van der Waals surface area contributed by atoms with Crippen LogP contribution in [0.1, 0.15) is 11.1 Å². The van der Waals surface area contributed by atoms with Crippen LogP contribution in [-0.4, -0.2) is 13.0 Å². The number of halogens is 2. The first-order chi connectivity index (χ1) is 11.0. The molecule has 0 aliphatic rings. The van der Waals surface area contributed by atoms with Crippen LogP contribution in [0.3, 0.4) is 0 Å². The van der Waals surface area contributed by atoms with Gasteiger partial charge in [-0.2, -0.15) is 0 Å². The molecule has 23 heavy (non-hydrogen) atoms. The first-order valence-corrected chi connectivity index (χ1v) is 7.47. The third-order valence-electron chi connectivity index (χ3n) is 3.03. The molecule has 0 atom stereocenters. The average Bonchev–Trinajstić information content (AvgIpc) is 2.52. The molecule has 0 unspecified atom stereocenters. The van der Waals surface area contributed by atoms with Crippen molar-refractivity contribution in [3.63, 3.8) is 0 Å². The molecule has 0 bridgehead atoms. The number of hydrogen-bond donors (Lipinski definition) is 1. The van der Waals surface area contributed by atoms with E-state index in [-0.39, 0.29) is 6.61 Å². The highest BCUT2D eigenvalue weighted by Gasteiger charge is 2.07. The summed E-state index contributed by atoms with van der Waals surface area (Å²) < 4.78 is 11.0. The summed E-state index contributed by atoms with van der Waals surface area (Å²) in [5.41, 5.74) is 6.67. The van der Waals surface area contributed by atoms with Gasteiger partial charge in [-0.05, 0) is 35.9 Å². The molecule has 0 saturated heterocycles. The molecule has 0 spiro atoms. The molecule has 0 heterocycles. The third kappa shape index (κ3) is 4.91. The maximum atomic E-state index is 10.8. The zero-order valence-corrected chi connectivity index (χ0v) is 13.9.